The van der Waals surface area contributed by atoms with Crippen molar-refractivity contribution < 1.29 is 104 Å². The topological polar surface area (TPSA) is 246 Å². The number of halogens is 8. The minimum absolute atomic E-state index is 0.0171. The Hall–Kier alpha value is 0.630. The minimum Gasteiger partial charge on any atom is -0.480 e. The summed E-state index contributed by atoms with van der Waals surface area (Å²) in [6, 6.07) is 0. The van der Waals surface area contributed by atoms with E-state index < -0.39 is 69.3 Å². The number of unbranched alkanes of at least 4 members (excludes halogenated alkanes) is 44. The maximum Gasteiger partial charge on any atom is 0.356 e. The fourth-order valence-electron chi connectivity index (χ4n) is 11.8. The van der Waals surface area contributed by atoms with E-state index in [0.29, 0.717) is 70.6 Å². The van der Waals surface area contributed by atoms with Gasteiger partial charge in [0, 0.05) is 63.0 Å². The Balaban J connectivity index is -0.000000341. The van der Waals surface area contributed by atoms with Crippen LogP contribution in [-0.4, -0.2) is 209 Å². The zero-order valence-electron chi connectivity index (χ0n) is 76.6. The second-order valence-corrected chi connectivity index (χ2v) is 39.5. The molecule has 0 spiro atoms. The zero-order chi connectivity index (χ0) is 90.0. The van der Waals surface area contributed by atoms with Gasteiger partial charge in [0.2, 0.25) is 0 Å². The second kappa shape index (κ2) is 107. The number of carboxylic acids is 1. The molecule has 1 heterocycles. The number of aliphatic hydroxyl groups is 4. The fraction of sp³-hybridized carbons (Fsp3) is 0.989. The van der Waals surface area contributed by atoms with E-state index in [1.165, 1.54) is 264 Å². The lowest BCUT2D eigenvalue weighted by molar-refractivity contribution is -0.135. The van der Waals surface area contributed by atoms with Crippen LogP contribution in [-0.2, 0) is 51.2 Å². The first-order valence-electron chi connectivity index (χ1n) is 47.1. The molecule has 29 heteroatoms. The molecule has 6 N–H and O–H groups in total. The van der Waals surface area contributed by atoms with Crippen molar-refractivity contribution in [3.63, 3.8) is 0 Å². The van der Waals surface area contributed by atoms with Gasteiger partial charge in [-0.1, -0.05) is 350 Å². The molecular weight excluding hydrogens is 1770 g/mol. The molecule has 0 bridgehead atoms. The number of hydrogen-bond donors (Lipinski definition) is 6. The van der Waals surface area contributed by atoms with Crippen molar-refractivity contribution >= 4 is 84.6 Å². The Morgan fingerprint density at radius 2 is 0.689 bits per heavy atom. The average Bonchev–Trinajstić information content (AvgIpc) is 0.856. The maximum atomic E-state index is 12.7. The largest absolute Gasteiger partial charge is 0.480 e. The van der Waals surface area contributed by atoms with Crippen LogP contribution in [0, 0.1) is 0 Å². The molecule has 9 unspecified atom stereocenters. The summed E-state index contributed by atoms with van der Waals surface area (Å²) in [4.78, 5) is 19.1. The quantitative estimate of drug-likeness (QED) is 0.0109. The molecule has 1 aliphatic heterocycles. The smallest absolute Gasteiger partial charge is 0.356 e. The Kier molecular flexibility index (Phi) is 118. The average molecular weight is 1950 g/mol. The van der Waals surface area contributed by atoms with E-state index in [2.05, 4.69) is 47.8 Å². The number of hydrogen-bond acceptors (Lipinski definition) is 15. The number of aliphatic hydroxyl groups excluding tert-OH is 4. The Bertz CT molecular complexity index is 1990. The van der Waals surface area contributed by atoms with E-state index in [9.17, 15) is 40.8 Å². The van der Waals surface area contributed by atoms with Gasteiger partial charge >= 0.3 is 21.2 Å². The molecule has 0 aromatic heterocycles. The summed E-state index contributed by atoms with van der Waals surface area (Å²) < 4.78 is 128. The van der Waals surface area contributed by atoms with Gasteiger partial charge in [-0.25, -0.2) is 22.0 Å². The molecule has 0 aromatic rings. The first-order chi connectivity index (χ1) is 57.2. The summed E-state index contributed by atoms with van der Waals surface area (Å²) >= 11 is 8.90. The van der Waals surface area contributed by atoms with Gasteiger partial charge < -0.3 is 67.7 Å². The number of aliphatic carboxylic acids is 1. The Labute approximate surface area is 754 Å². The molecule has 4 radical (unpaired) electrons. The number of alkyl halides is 8. The van der Waals surface area contributed by atoms with Gasteiger partial charge in [0.1, 0.15) is 23.7 Å². The molecule has 0 aromatic carbocycles. The van der Waals surface area contributed by atoms with Crippen molar-refractivity contribution in [2.24, 2.45) is 0 Å². The molecule has 1 rings (SSSR count). The van der Waals surface area contributed by atoms with Gasteiger partial charge in [-0.15, -0.1) is 0 Å². The standard InChI is InChI=1S/C23H47BFO6P.C23H45BFO5P.C19H39FO2.C16H33FO.C3H6BrF.C3H5BrO2.C3H7BrO/c1-22(25)15-12-10-8-6-4-2-3-5-7-9-11-13-16-29-17-14-18-31-32(27,28)21-30-23(19-24)20-26;1-22(25)15-12-10-8-6-4-2-3-5-7-9-11-13-16-27-17-14-18-29-31(26)21-28-23(19-24)20-30-31;1-19(20)15-12-10-8-6-4-2-3-5-7-9-11-13-17-22-18-14-16-21;1-16(17)14-12-10-8-6-4-2-3-5-7-9-11-13-15-18;1-3(5)2-4;1-2(4)3(5)6;1-3(4)2-5/h22-23,26H,2-21H2,1H3,(H,27,28);22-23H,2-21H2,1H3;19,21H,2-18H2,1H3;16,18H,2-15H2,1H3;3H,2H2,1H3;2H,1H3,(H,5,6);3,5H,2H2,1H3/t22?,23-;22?,23-,31?;;;;;/m00...../s1. The molecule has 0 aliphatic carbocycles. The number of ether oxygens (including phenoxy) is 5. The van der Waals surface area contributed by atoms with Gasteiger partial charge in [0.25, 0.3) is 0 Å². The van der Waals surface area contributed by atoms with Crippen LogP contribution < -0.4 is 0 Å². The molecule has 1 fully saturated rings. The van der Waals surface area contributed by atoms with E-state index in [4.69, 9.17) is 78.5 Å². The third kappa shape index (κ3) is 127. The summed E-state index contributed by atoms with van der Waals surface area (Å²) in [6.45, 7) is 16.9. The lowest BCUT2D eigenvalue weighted by Crippen LogP contribution is -2.26. The van der Waals surface area contributed by atoms with Crippen LogP contribution >= 0.6 is 63.0 Å². The third-order valence-corrected chi connectivity index (χ3v) is 23.5. The Morgan fingerprint density at radius 1 is 0.429 bits per heavy atom. The molecule has 11 atom stereocenters. The van der Waals surface area contributed by atoms with Crippen LogP contribution in [0.3, 0.4) is 0 Å². The first-order valence-corrected chi connectivity index (χ1v) is 53.6. The monoisotopic (exact) mass is 1950 g/mol. The van der Waals surface area contributed by atoms with Gasteiger partial charge in [-0.2, -0.15) is 0 Å². The Morgan fingerprint density at radius 3 is 0.916 bits per heavy atom. The van der Waals surface area contributed by atoms with Crippen molar-refractivity contribution in [2.75, 3.05) is 104 Å². The fourth-order valence-corrected chi connectivity index (χ4v) is 14.1. The highest BCUT2D eigenvalue weighted by atomic mass is 79.9. The maximum absolute atomic E-state index is 12.7. The van der Waals surface area contributed by atoms with E-state index in [1.807, 2.05) is 6.92 Å². The van der Waals surface area contributed by atoms with E-state index in [-0.39, 0.29) is 56.6 Å². The van der Waals surface area contributed by atoms with Crippen molar-refractivity contribution in [1.29, 1.82) is 0 Å². The van der Waals surface area contributed by atoms with E-state index in [1.54, 1.807) is 34.6 Å². The first kappa shape index (κ1) is 130. The van der Waals surface area contributed by atoms with Gasteiger partial charge in [0.05, 0.1) is 85.6 Å². The summed E-state index contributed by atoms with van der Waals surface area (Å²) in [5, 5.41) is 42.7. The lowest BCUT2D eigenvalue weighted by atomic mass is 10.0. The van der Waals surface area contributed by atoms with Crippen LogP contribution in [0.25, 0.3) is 0 Å². The molecule has 0 amide bonds. The normalized spacial score (nSPS) is 16.3. The zero-order valence-corrected chi connectivity index (χ0v) is 83.1. The van der Waals surface area contributed by atoms with Crippen molar-refractivity contribution in [2.45, 2.75) is 467 Å². The number of carboxylic acid groups (broad SMARTS) is 1. The van der Waals surface area contributed by atoms with Crippen LogP contribution in [0.5, 0.6) is 0 Å². The highest BCUT2D eigenvalue weighted by molar-refractivity contribution is 9.10. The van der Waals surface area contributed by atoms with Crippen LogP contribution in [0.1, 0.15) is 402 Å². The van der Waals surface area contributed by atoms with Crippen LogP contribution in [0.2, 0.25) is 12.6 Å². The lowest BCUT2D eigenvalue weighted by Gasteiger charge is -2.28. The van der Waals surface area contributed by atoms with Gasteiger partial charge in [-0.05, 0) is 112 Å². The molecular formula is C90H182B2Br3F5O17P2. The molecule has 1 saturated heterocycles. The molecule has 119 heavy (non-hydrogen) atoms. The molecule has 1 aliphatic rings. The molecule has 0 saturated carbocycles. The molecule has 17 nitrogen and oxygen atoms in total. The van der Waals surface area contributed by atoms with Gasteiger partial charge in [-0.3, -0.25) is 13.9 Å². The summed E-state index contributed by atoms with van der Waals surface area (Å²) in [7, 11) is 3.90. The molecule has 716 valence electrons. The predicted molar refractivity (Wildman–Crippen MR) is 502 cm³/mol. The van der Waals surface area contributed by atoms with Crippen molar-refractivity contribution in [3.05, 3.63) is 0 Å². The minimum atomic E-state index is -3.82. The van der Waals surface area contributed by atoms with Crippen LogP contribution in [0.15, 0.2) is 0 Å². The van der Waals surface area contributed by atoms with Crippen molar-refractivity contribution in [3.8, 4) is 0 Å². The second-order valence-electron chi connectivity index (χ2n) is 32.1. The third-order valence-electron chi connectivity index (χ3n) is 19.3. The van der Waals surface area contributed by atoms with Crippen LogP contribution in [0.4, 0.5) is 22.0 Å². The van der Waals surface area contributed by atoms with Gasteiger partial charge in [0.15, 0.2) is 0 Å². The van der Waals surface area contributed by atoms with E-state index >= 15 is 0 Å². The predicted octanol–water partition coefficient (Wildman–Crippen LogP) is 27.5. The summed E-state index contributed by atoms with van der Waals surface area (Å²) in [5.74, 6) is -0.824. The summed E-state index contributed by atoms with van der Waals surface area (Å²) in [5.41, 5.74) is 0. The summed E-state index contributed by atoms with van der Waals surface area (Å²) in [6.07, 6.45) is 60.9. The van der Waals surface area contributed by atoms with Crippen molar-refractivity contribution in [1.82, 2.24) is 0 Å². The number of rotatable bonds is 81. The highest BCUT2D eigenvalue weighted by Crippen LogP contribution is 2.51. The van der Waals surface area contributed by atoms with E-state index in [0.717, 1.165) is 90.3 Å². The SMILES string of the molecule is CC(Br)C(=O)O.CC(Br)CO.CC(F)CBr.CC(F)CCCCCCCCCCCCCCO.CC(F)CCCCCCCCCCCCCCOCCCO.[B]C[C@@H](CO)OCP(=O)(O)OCCCOCCCCCCCCCCCCCCC(C)F.[B]C[C@H]1COP(=O)(OCCCOCCCCCCCCCCCCCCC(C)F)CO1. The number of carbonyl (C=O) groups is 1. The highest BCUT2D eigenvalue weighted by Gasteiger charge is 2.32.